The number of benzene rings is 4. The summed E-state index contributed by atoms with van der Waals surface area (Å²) >= 11 is 0. The maximum Gasteiger partial charge on any atom is 0.471 e. The summed E-state index contributed by atoms with van der Waals surface area (Å²) in [7, 11) is 0. The summed E-state index contributed by atoms with van der Waals surface area (Å²) in [4.78, 5) is 43.9. The fourth-order valence-electron chi connectivity index (χ4n) is 8.90. The average Bonchev–Trinajstić information content (AvgIpc) is 3.88. The highest BCUT2D eigenvalue weighted by Crippen LogP contribution is 2.43. The third kappa shape index (κ3) is 8.58. The van der Waals surface area contributed by atoms with E-state index >= 15 is 0 Å². The van der Waals surface area contributed by atoms with Crippen LogP contribution in [-0.2, 0) is 32.2 Å². The second kappa shape index (κ2) is 17.1. The van der Waals surface area contributed by atoms with Gasteiger partial charge in [-0.05, 0) is 65.6 Å². The summed E-state index contributed by atoms with van der Waals surface area (Å²) in [5.74, 6) is -2.62. The molecule has 3 saturated heterocycles. The van der Waals surface area contributed by atoms with Crippen LogP contribution in [-0.4, -0.2) is 80.8 Å². The van der Waals surface area contributed by atoms with Gasteiger partial charge < -0.3 is 34.7 Å². The number of hydrogen-bond donors (Lipinski definition) is 3. The van der Waals surface area contributed by atoms with E-state index < -0.39 is 30.3 Å². The summed E-state index contributed by atoms with van der Waals surface area (Å²) < 4.78 is 54.9. The van der Waals surface area contributed by atoms with Gasteiger partial charge in [-0.3, -0.25) is 14.2 Å². The first kappa shape index (κ1) is 40.5. The number of aromatic amines is 1. The normalized spacial score (nSPS) is 23.1. The second-order valence-corrected chi connectivity index (χ2v) is 15.8. The van der Waals surface area contributed by atoms with E-state index in [-0.39, 0.29) is 56.0 Å². The van der Waals surface area contributed by atoms with Crippen LogP contribution in [0.15, 0.2) is 102 Å². The number of nitrogens with zero attached hydrogens (tertiary/aromatic N) is 3. The first-order chi connectivity index (χ1) is 28.5. The van der Waals surface area contributed by atoms with Gasteiger partial charge in [-0.15, -0.1) is 0 Å². The van der Waals surface area contributed by atoms with Gasteiger partial charge in [0.2, 0.25) is 5.91 Å². The zero-order valence-electron chi connectivity index (χ0n) is 32.7. The topological polar surface area (TPSA) is 129 Å². The molecule has 4 aromatic carbocycles. The van der Waals surface area contributed by atoms with Crippen LogP contribution in [0.25, 0.3) is 22.2 Å². The Morgan fingerprint density at radius 3 is 2.29 bits per heavy atom. The Kier molecular flexibility index (Phi) is 11.8. The lowest BCUT2D eigenvalue weighted by Gasteiger charge is -2.44. The fraction of sp³-hybridized carbons (Fsp3) is 0.400. The SMILES string of the molecule is C[C@@H]1[C@H](CN2CCC(n3c(=O)[nH]c4ccccc43)CC2)O[C@H](c2ccc(-c3ccccc3CNC(=O)[C@@H]3CCCN3C(=O)C(F)(F)F)cc2)O[C@@H]1c1ccc(CO)cc1. The van der Waals surface area contributed by atoms with E-state index in [4.69, 9.17) is 9.47 Å². The van der Waals surface area contributed by atoms with E-state index in [9.17, 15) is 32.7 Å². The molecular formula is C45H48F3N5O6. The number of rotatable bonds is 10. The van der Waals surface area contributed by atoms with Gasteiger partial charge in [0, 0.05) is 50.2 Å². The zero-order chi connectivity index (χ0) is 41.3. The Morgan fingerprint density at radius 1 is 0.864 bits per heavy atom. The second-order valence-electron chi connectivity index (χ2n) is 15.8. The third-order valence-electron chi connectivity index (χ3n) is 12.1. The summed E-state index contributed by atoms with van der Waals surface area (Å²) in [6.45, 7) is 4.34. The van der Waals surface area contributed by atoms with Gasteiger partial charge in [0.05, 0.1) is 29.8 Å². The zero-order valence-corrected chi connectivity index (χ0v) is 32.7. The molecule has 0 radical (unpaired) electrons. The standard InChI is InChI=1S/C45H48F3N5O6/c1-28-39(26-51-23-20-34(21-24-51)53-37-10-5-4-9-36(37)50-44(53)57)58-42(59-40(28)31-14-12-29(27-54)13-15-31)32-18-16-30(17-19-32)35-8-3-2-7-33(35)25-49-41(55)38-11-6-22-52(38)43(56)45(46,47)48/h2-5,7-10,12-19,28,34,38-40,42,54H,6,11,20-27H2,1H3,(H,49,55)(H,50,57)/t28-,38+,39+,40+,42+/m1/s1. The molecule has 0 aliphatic carbocycles. The Balaban J connectivity index is 0.968. The molecule has 5 atom stereocenters. The highest BCUT2D eigenvalue weighted by molar-refractivity contribution is 5.90. The number of imidazole rings is 1. The summed E-state index contributed by atoms with van der Waals surface area (Å²) in [6.07, 6.45) is -4.04. The largest absolute Gasteiger partial charge is 0.471 e. The van der Waals surface area contributed by atoms with Crippen molar-refractivity contribution in [3.05, 3.63) is 130 Å². The molecule has 5 aromatic rings. The van der Waals surface area contributed by atoms with E-state index in [1.165, 1.54) is 0 Å². The van der Waals surface area contributed by atoms with Gasteiger partial charge >= 0.3 is 17.8 Å². The highest BCUT2D eigenvalue weighted by atomic mass is 19.4. The van der Waals surface area contributed by atoms with Crippen molar-refractivity contribution in [2.24, 2.45) is 5.92 Å². The lowest BCUT2D eigenvalue weighted by molar-refractivity contribution is -0.276. The van der Waals surface area contributed by atoms with Crippen LogP contribution in [0.1, 0.15) is 73.3 Å². The monoisotopic (exact) mass is 811 g/mol. The molecule has 0 spiro atoms. The number of fused-ring (bicyclic) bond motifs is 1. The fourth-order valence-corrected chi connectivity index (χ4v) is 8.90. The van der Waals surface area contributed by atoms with E-state index in [0.29, 0.717) is 17.9 Å². The molecule has 2 amide bonds. The Hall–Kier alpha value is -5.28. The van der Waals surface area contributed by atoms with E-state index in [1.54, 1.807) is 0 Å². The number of nitrogens with one attached hydrogen (secondary N) is 2. The van der Waals surface area contributed by atoms with E-state index in [2.05, 4.69) is 22.1 Å². The van der Waals surface area contributed by atoms with Crippen LogP contribution in [0.4, 0.5) is 13.2 Å². The molecule has 0 unspecified atom stereocenters. The summed E-state index contributed by atoms with van der Waals surface area (Å²) in [6, 6.07) is 29.8. The number of aliphatic hydroxyl groups excluding tert-OH is 1. The number of H-pyrrole nitrogens is 1. The lowest BCUT2D eigenvalue weighted by atomic mass is 9.89. The minimum atomic E-state index is -5.04. The van der Waals surface area contributed by atoms with Crippen molar-refractivity contribution < 1.29 is 37.3 Å². The van der Waals surface area contributed by atoms with Crippen molar-refractivity contribution in [2.75, 3.05) is 26.2 Å². The number of piperidine rings is 1. The molecule has 59 heavy (non-hydrogen) atoms. The maximum atomic E-state index is 13.2. The highest BCUT2D eigenvalue weighted by Gasteiger charge is 2.47. The number of hydrogen-bond acceptors (Lipinski definition) is 7. The van der Waals surface area contributed by atoms with Gasteiger partial charge in [0.15, 0.2) is 6.29 Å². The number of carbonyl (C=O) groups excluding carboxylic acids is 2. The number of alkyl halides is 3. The molecular weight excluding hydrogens is 764 g/mol. The van der Waals surface area contributed by atoms with Crippen LogP contribution in [0.5, 0.6) is 0 Å². The van der Waals surface area contributed by atoms with Crippen molar-refractivity contribution in [2.45, 2.75) is 82.5 Å². The van der Waals surface area contributed by atoms with Crippen LogP contribution in [0.2, 0.25) is 0 Å². The molecule has 14 heteroatoms. The first-order valence-electron chi connectivity index (χ1n) is 20.2. The molecule has 4 heterocycles. The van der Waals surface area contributed by atoms with Gasteiger partial charge in [-0.25, -0.2) is 4.79 Å². The predicted octanol–water partition coefficient (Wildman–Crippen LogP) is 6.79. The smallest absolute Gasteiger partial charge is 0.392 e. The number of para-hydroxylation sites is 2. The van der Waals surface area contributed by atoms with Crippen LogP contribution >= 0.6 is 0 Å². The third-order valence-corrected chi connectivity index (χ3v) is 12.1. The van der Waals surface area contributed by atoms with Gasteiger partial charge in [-0.1, -0.05) is 91.9 Å². The van der Waals surface area contributed by atoms with Crippen molar-refractivity contribution in [1.29, 1.82) is 0 Å². The van der Waals surface area contributed by atoms with E-state index in [1.807, 2.05) is 102 Å². The minimum absolute atomic E-state index is 0.00978. The Labute approximate surface area is 339 Å². The lowest BCUT2D eigenvalue weighted by Crippen LogP contribution is -2.50. The summed E-state index contributed by atoms with van der Waals surface area (Å²) in [5.41, 5.74) is 6.78. The number of likely N-dealkylation sites (tertiary alicyclic amines) is 2. The van der Waals surface area contributed by atoms with E-state index in [0.717, 1.165) is 70.3 Å². The van der Waals surface area contributed by atoms with Gasteiger partial charge in [-0.2, -0.15) is 13.2 Å². The average molecular weight is 812 g/mol. The van der Waals surface area contributed by atoms with Crippen molar-refractivity contribution >= 4 is 22.8 Å². The molecule has 3 N–H and O–H groups in total. The molecule has 8 rings (SSSR count). The molecule has 3 aliphatic rings. The predicted molar refractivity (Wildman–Crippen MR) is 215 cm³/mol. The van der Waals surface area contributed by atoms with Crippen LogP contribution in [0, 0.1) is 5.92 Å². The first-order valence-corrected chi connectivity index (χ1v) is 20.2. The molecule has 3 aliphatic heterocycles. The van der Waals surface area contributed by atoms with Crippen molar-refractivity contribution in [1.82, 2.24) is 24.7 Å². The molecule has 0 bridgehead atoms. The molecule has 310 valence electrons. The molecule has 11 nitrogen and oxygen atoms in total. The number of ether oxygens (including phenoxy) is 2. The summed E-state index contributed by atoms with van der Waals surface area (Å²) in [5, 5.41) is 12.4. The number of aromatic nitrogens is 2. The molecule has 3 fully saturated rings. The van der Waals surface area contributed by atoms with Crippen LogP contribution in [0.3, 0.4) is 0 Å². The molecule has 0 saturated carbocycles. The van der Waals surface area contributed by atoms with Crippen molar-refractivity contribution in [3.8, 4) is 11.1 Å². The van der Waals surface area contributed by atoms with Crippen molar-refractivity contribution in [3.63, 3.8) is 0 Å². The Morgan fingerprint density at radius 2 is 1.56 bits per heavy atom. The van der Waals surface area contributed by atoms with Crippen LogP contribution < -0.4 is 11.0 Å². The minimum Gasteiger partial charge on any atom is -0.392 e. The maximum absolute atomic E-state index is 13.2. The van der Waals surface area contributed by atoms with Gasteiger partial charge in [0.25, 0.3) is 0 Å². The number of amides is 2. The van der Waals surface area contributed by atoms with Gasteiger partial charge in [0.1, 0.15) is 6.04 Å². The number of aliphatic hydroxyl groups is 1. The quantitative estimate of drug-likeness (QED) is 0.142. The Bertz CT molecular complexity index is 2320. The number of carbonyl (C=O) groups is 2. The number of halogens is 3. The molecule has 1 aromatic heterocycles.